The van der Waals surface area contributed by atoms with Gasteiger partial charge in [0.15, 0.2) is 0 Å². The number of halogens is 1. The van der Waals surface area contributed by atoms with Gasteiger partial charge in [-0.1, -0.05) is 37.3 Å². The second kappa shape index (κ2) is 7.46. The van der Waals surface area contributed by atoms with Gasteiger partial charge in [-0.25, -0.2) is 0 Å². The van der Waals surface area contributed by atoms with Crippen molar-refractivity contribution in [2.45, 2.75) is 33.4 Å². The number of rotatable bonds is 6. The number of aromatic nitrogens is 1. The minimum absolute atomic E-state index is 0.0838. The third-order valence-corrected chi connectivity index (χ3v) is 3.87. The topological polar surface area (TPSA) is 25.2 Å². The van der Waals surface area contributed by atoms with E-state index < -0.39 is 0 Å². The Balaban J connectivity index is 2.20. The van der Waals surface area contributed by atoms with Crippen LogP contribution in [0.1, 0.15) is 36.3 Å². The molecule has 112 valence electrons. The van der Waals surface area contributed by atoms with Crippen LogP contribution >= 0.6 is 15.9 Å². The third kappa shape index (κ3) is 3.97. The van der Waals surface area contributed by atoms with Gasteiger partial charge in [0.2, 0.25) is 0 Å². The molecular formula is C17H21BrN2O. The maximum absolute atomic E-state index is 12.8. The van der Waals surface area contributed by atoms with Gasteiger partial charge in [-0.05, 0) is 40.9 Å². The Morgan fingerprint density at radius 2 is 1.95 bits per heavy atom. The van der Waals surface area contributed by atoms with Crippen molar-refractivity contribution in [3.8, 4) is 0 Å². The van der Waals surface area contributed by atoms with Crippen molar-refractivity contribution >= 4 is 21.8 Å². The van der Waals surface area contributed by atoms with Crippen molar-refractivity contribution < 1.29 is 4.79 Å². The average Bonchev–Trinajstić information content (AvgIpc) is 2.86. The van der Waals surface area contributed by atoms with Crippen LogP contribution in [0, 0.1) is 0 Å². The summed E-state index contributed by atoms with van der Waals surface area (Å²) in [5, 5.41) is 0. The van der Waals surface area contributed by atoms with Crippen LogP contribution in [0.2, 0.25) is 0 Å². The highest BCUT2D eigenvalue weighted by Crippen LogP contribution is 2.18. The smallest absolute Gasteiger partial charge is 0.270 e. The van der Waals surface area contributed by atoms with E-state index in [2.05, 4.69) is 35.0 Å². The molecule has 0 unspecified atom stereocenters. The number of carbonyl (C=O) groups is 1. The van der Waals surface area contributed by atoms with E-state index in [1.807, 2.05) is 46.9 Å². The lowest BCUT2D eigenvalue weighted by Gasteiger charge is -2.21. The van der Waals surface area contributed by atoms with Crippen molar-refractivity contribution in [3.63, 3.8) is 0 Å². The van der Waals surface area contributed by atoms with Crippen LogP contribution in [-0.2, 0) is 13.1 Å². The lowest BCUT2D eigenvalue weighted by atomic mass is 10.2. The summed E-state index contributed by atoms with van der Waals surface area (Å²) in [4.78, 5) is 14.7. The first-order chi connectivity index (χ1) is 10.2. The van der Waals surface area contributed by atoms with Crippen molar-refractivity contribution in [2.24, 2.45) is 0 Å². The van der Waals surface area contributed by atoms with Gasteiger partial charge in [-0.2, -0.15) is 0 Å². The first-order valence-electron chi connectivity index (χ1n) is 7.34. The zero-order chi connectivity index (χ0) is 15.2. The Hall–Kier alpha value is -1.55. The van der Waals surface area contributed by atoms with E-state index in [1.54, 1.807) is 0 Å². The van der Waals surface area contributed by atoms with Crippen molar-refractivity contribution in [2.75, 3.05) is 6.54 Å². The molecule has 0 atom stereocenters. The van der Waals surface area contributed by atoms with Gasteiger partial charge >= 0.3 is 0 Å². The van der Waals surface area contributed by atoms with E-state index >= 15 is 0 Å². The lowest BCUT2D eigenvalue weighted by molar-refractivity contribution is 0.0741. The van der Waals surface area contributed by atoms with Crippen molar-refractivity contribution in [3.05, 3.63) is 58.3 Å². The number of aryl methyl sites for hydroxylation is 1. The van der Waals surface area contributed by atoms with E-state index in [9.17, 15) is 4.79 Å². The minimum Gasteiger partial charge on any atom is -0.342 e. The molecule has 0 saturated carbocycles. The molecule has 0 saturated heterocycles. The highest BCUT2D eigenvalue weighted by Gasteiger charge is 2.19. The Labute approximate surface area is 134 Å². The van der Waals surface area contributed by atoms with Crippen molar-refractivity contribution in [1.29, 1.82) is 0 Å². The fourth-order valence-corrected chi connectivity index (χ4v) is 2.84. The summed E-state index contributed by atoms with van der Waals surface area (Å²) in [5.74, 6) is 0.0838. The number of hydrogen-bond acceptors (Lipinski definition) is 1. The van der Waals surface area contributed by atoms with Gasteiger partial charge in [0.1, 0.15) is 5.69 Å². The normalized spacial score (nSPS) is 10.6. The summed E-state index contributed by atoms with van der Waals surface area (Å²) in [7, 11) is 0. The Morgan fingerprint density at radius 3 is 2.57 bits per heavy atom. The molecular weight excluding hydrogens is 328 g/mol. The molecule has 0 aliphatic heterocycles. The van der Waals surface area contributed by atoms with E-state index in [0.29, 0.717) is 13.1 Å². The molecule has 0 aliphatic rings. The Bertz CT molecular complexity index is 592. The molecule has 4 heteroatoms. The van der Waals surface area contributed by atoms with Gasteiger partial charge in [-0.15, -0.1) is 0 Å². The summed E-state index contributed by atoms with van der Waals surface area (Å²) in [5.41, 5.74) is 1.90. The second-order valence-corrected chi connectivity index (χ2v) is 5.96. The summed E-state index contributed by atoms with van der Waals surface area (Å²) < 4.78 is 2.98. The number of hydrogen-bond donors (Lipinski definition) is 0. The van der Waals surface area contributed by atoms with Crippen LogP contribution in [0.4, 0.5) is 0 Å². The summed E-state index contributed by atoms with van der Waals surface area (Å²) in [6.45, 7) is 6.33. The predicted octanol–water partition coefficient (Wildman–Crippen LogP) is 4.32. The van der Waals surface area contributed by atoms with Gasteiger partial charge in [0, 0.05) is 30.3 Å². The first-order valence-corrected chi connectivity index (χ1v) is 8.13. The van der Waals surface area contributed by atoms with Crippen LogP contribution in [0.25, 0.3) is 0 Å². The molecule has 0 fully saturated rings. The zero-order valence-corrected chi connectivity index (χ0v) is 14.1. The molecule has 0 spiro atoms. The molecule has 2 aromatic rings. The van der Waals surface area contributed by atoms with E-state index in [0.717, 1.165) is 28.7 Å². The van der Waals surface area contributed by atoms with Crippen LogP contribution < -0.4 is 0 Å². The molecule has 3 nitrogen and oxygen atoms in total. The number of amides is 1. The molecule has 1 aromatic heterocycles. The maximum Gasteiger partial charge on any atom is 0.270 e. The summed E-state index contributed by atoms with van der Waals surface area (Å²) in [6.07, 6.45) is 2.99. The minimum atomic E-state index is 0.0838. The molecule has 0 N–H and O–H groups in total. The lowest BCUT2D eigenvalue weighted by Crippen LogP contribution is -2.31. The monoisotopic (exact) mass is 348 g/mol. The van der Waals surface area contributed by atoms with Crippen LogP contribution in [0.5, 0.6) is 0 Å². The maximum atomic E-state index is 12.8. The van der Waals surface area contributed by atoms with Gasteiger partial charge < -0.3 is 9.47 Å². The zero-order valence-electron chi connectivity index (χ0n) is 12.6. The molecule has 0 aliphatic carbocycles. The molecule has 21 heavy (non-hydrogen) atoms. The number of benzene rings is 1. The third-order valence-electron chi connectivity index (χ3n) is 3.43. The Morgan fingerprint density at radius 1 is 1.24 bits per heavy atom. The molecule has 0 bridgehead atoms. The van der Waals surface area contributed by atoms with Gasteiger partial charge in [0.05, 0.1) is 0 Å². The Kier molecular flexibility index (Phi) is 5.62. The van der Waals surface area contributed by atoms with Crippen LogP contribution in [0.15, 0.2) is 47.1 Å². The van der Waals surface area contributed by atoms with Crippen LogP contribution in [0.3, 0.4) is 0 Å². The highest BCUT2D eigenvalue weighted by molar-refractivity contribution is 9.10. The molecule has 1 heterocycles. The molecule has 2 rings (SSSR count). The fourth-order valence-electron chi connectivity index (χ4n) is 2.37. The van der Waals surface area contributed by atoms with E-state index in [1.165, 1.54) is 0 Å². The molecule has 0 radical (unpaired) electrons. The standard InChI is InChI=1S/C17H21BrN2O/c1-3-10-20-13-15(18)11-16(20)17(21)19(4-2)12-14-8-6-5-7-9-14/h5-9,11,13H,3-4,10,12H2,1-2H3. The molecule has 1 aromatic carbocycles. The number of nitrogens with zero attached hydrogens (tertiary/aromatic N) is 2. The van der Waals surface area contributed by atoms with E-state index in [4.69, 9.17) is 0 Å². The van der Waals surface area contributed by atoms with Crippen molar-refractivity contribution in [1.82, 2.24) is 9.47 Å². The predicted molar refractivity (Wildman–Crippen MR) is 89.3 cm³/mol. The highest BCUT2D eigenvalue weighted by atomic mass is 79.9. The average molecular weight is 349 g/mol. The second-order valence-electron chi connectivity index (χ2n) is 5.04. The summed E-state index contributed by atoms with van der Waals surface area (Å²) >= 11 is 3.47. The largest absolute Gasteiger partial charge is 0.342 e. The van der Waals surface area contributed by atoms with E-state index in [-0.39, 0.29) is 5.91 Å². The fraction of sp³-hybridized carbons (Fsp3) is 0.353. The SMILES string of the molecule is CCCn1cc(Br)cc1C(=O)N(CC)Cc1ccccc1. The van der Waals surface area contributed by atoms with Crippen LogP contribution in [-0.4, -0.2) is 21.9 Å². The quantitative estimate of drug-likeness (QED) is 0.762. The van der Waals surface area contributed by atoms with Gasteiger partial charge in [0.25, 0.3) is 5.91 Å². The summed E-state index contributed by atoms with van der Waals surface area (Å²) in [6, 6.07) is 12.0. The molecule has 1 amide bonds. The first kappa shape index (κ1) is 15.8. The number of carbonyl (C=O) groups excluding carboxylic acids is 1. The van der Waals surface area contributed by atoms with Gasteiger partial charge in [-0.3, -0.25) is 4.79 Å².